The second-order valence-electron chi connectivity index (χ2n) is 3.98. The molecule has 2 rings (SSSR count). The van der Waals surface area contributed by atoms with E-state index in [2.05, 4.69) is 43.8 Å². The van der Waals surface area contributed by atoms with Gasteiger partial charge in [-0.15, -0.1) is 0 Å². The Morgan fingerprint density at radius 3 is 2.53 bits per heavy atom. The third-order valence-electron chi connectivity index (χ3n) is 2.48. The lowest BCUT2D eigenvalue weighted by atomic mass is 10.1. The van der Waals surface area contributed by atoms with Crippen LogP contribution >= 0.6 is 50.1 Å². The summed E-state index contributed by atoms with van der Waals surface area (Å²) in [6, 6.07) is 13.0. The fraction of sp³-hybridized carbons (Fsp3) is 0.0714. The Morgan fingerprint density at radius 1 is 1.21 bits per heavy atom. The lowest BCUT2D eigenvalue weighted by Crippen LogP contribution is -2.15. The fourth-order valence-corrected chi connectivity index (χ4v) is 3.14. The van der Waals surface area contributed by atoms with Gasteiger partial charge in [-0.1, -0.05) is 39.7 Å². The molecule has 0 aromatic heterocycles. The molecule has 0 saturated carbocycles. The van der Waals surface area contributed by atoms with Crippen molar-refractivity contribution >= 4 is 61.7 Å². The summed E-state index contributed by atoms with van der Waals surface area (Å²) in [6.45, 7) is 0. The van der Waals surface area contributed by atoms with Crippen LogP contribution in [0.4, 0.5) is 5.69 Å². The third-order valence-corrected chi connectivity index (χ3v) is 4.12. The van der Waals surface area contributed by atoms with Gasteiger partial charge in [-0.2, -0.15) is 0 Å². The SMILES string of the molecule is O=C(Cc1ccc(Cl)cc1)Nc1ccc(Br)cc1I. The van der Waals surface area contributed by atoms with Gasteiger partial charge >= 0.3 is 0 Å². The zero-order chi connectivity index (χ0) is 13.8. The highest BCUT2D eigenvalue weighted by molar-refractivity contribution is 14.1. The van der Waals surface area contributed by atoms with Crippen LogP contribution in [0, 0.1) is 3.57 Å². The van der Waals surface area contributed by atoms with Crippen LogP contribution < -0.4 is 5.32 Å². The molecule has 0 aliphatic heterocycles. The van der Waals surface area contributed by atoms with E-state index >= 15 is 0 Å². The second-order valence-corrected chi connectivity index (χ2v) is 6.49. The van der Waals surface area contributed by atoms with E-state index < -0.39 is 0 Å². The molecule has 2 aromatic rings. The van der Waals surface area contributed by atoms with Gasteiger partial charge in [0.1, 0.15) is 0 Å². The molecule has 0 unspecified atom stereocenters. The molecule has 1 amide bonds. The summed E-state index contributed by atoms with van der Waals surface area (Å²) in [5, 5.41) is 3.57. The van der Waals surface area contributed by atoms with Gasteiger partial charge < -0.3 is 5.32 Å². The fourth-order valence-electron chi connectivity index (χ4n) is 1.57. The van der Waals surface area contributed by atoms with Crippen LogP contribution in [-0.4, -0.2) is 5.91 Å². The maximum absolute atomic E-state index is 11.9. The maximum atomic E-state index is 11.9. The average Bonchev–Trinajstić information content (AvgIpc) is 2.36. The van der Waals surface area contributed by atoms with Crippen molar-refractivity contribution in [2.45, 2.75) is 6.42 Å². The van der Waals surface area contributed by atoms with Gasteiger partial charge in [-0.05, 0) is 58.5 Å². The summed E-state index contributed by atoms with van der Waals surface area (Å²) < 4.78 is 1.99. The Labute approximate surface area is 138 Å². The highest BCUT2D eigenvalue weighted by atomic mass is 127. The largest absolute Gasteiger partial charge is 0.325 e. The lowest BCUT2D eigenvalue weighted by Gasteiger charge is -2.08. The van der Waals surface area contributed by atoms with Crippen LogP contribution in [0.25, 0.3) is 0 Å². The summed E-state index contributed by atoms with van der Waals surface area (Å²) in [4.78, 5) is 11.9. The Balaban J connectivity index is 2.03. The Kier molecular flexibility index (Phi) is 5.24. The first-order valence-electron chi connectivity index (χ1n) is 5.54. The first-order valence-corrected chi connectivity index (χ1v) is 7.79. The number of nitrogens with one attached hydrogen (secondary N) is 1. The van der Waals surface area contributed by atoms with Crippen molar-refractivity contribution < 1.29 is 4.79 Å². The molecule has 0 spiro atoms. The maximum Gasteiger partial charge on any atom is 0.228 e. The third kappa shape index (κ3) is 4.47. The Hall–Kier alpha value is -0.590. The number of benzene rings is 2. The summed E-state index contributed by atoms with van der Waals surface area (Å²) in [6.07, 6.45) is 0.337. The zero-order valence-corrected chi connectivity index (χ0v) is 14.3. The lowest BCUT2D eigenvalue weighted by molar-refractivity contribution is -0.115. The van der Waals surface area contributed by atoms with E-state index in [1.165, 1.54) is 0 Å². The smallest absolute Gasteiger partial charge is 0.228 e. The van der Waals surface area contributed by atoms with Crippen molar-refractivity contribution in [2.24, 2.45) is 0 Å². The molecule has 5 heteroatoms. The van der Waals surface area contributed by atoms with Crippen molar-refractivity contribution in [1.82, 2.24) is 0 Å². The van der Waals surface area contributed by atoms with Gasteiger partial charge in [-0.3, -0.25) is 4.79 Å². The number of hydrogen-bond acceptors (Lipinski definition) is 1. The minimum atomic E-state index is -0.0393. The summed E-state index contributed by atoms with van der Waals surface area (Å²) in [7, 11) is 0. The predicted octanol–water partition coefficient (Wildman–Crippen LogP) is 4.89. The van der Waals surface area contributed by atoms with Crippen molar-refractivity contribution in [1.29, 1.82) is 0 Å². The molecule has 2 aromatic carbocycles. The number of halogens is 3. The molecular formula is C14H10BrClINO. The molecule has 0 radical (unpaired) electrons. The van der Waals surface area contributed by atoms with Crippen LogP contribution in [0.2, 0.25) is 5.02 Å². The normalized spacial score (nSPS) is 10.3. The number of amides is 1. The van der Waals surface area contributed by atoms with Crippen molar-refractivity contribution in [3.05, 3.63) is 61.1 Å². The molecule has 0 bridgehead atoms. The number of carbonyl (C=O) groups excluding carboxylic acids is 1. The average molecular weight is 451 g/mol. The predicted molar refractivity (Wildman–Crippen MR) is 90.6 cm³/mol. The number of rotatable bonds is 3. The molecule has 19 heavy (non-hydrogen) atoms. The molecule has 0 aliphatic rings. The molecule has 1 N–H and O–H groups in total. The monoisotopic (exact) mass is 449 g/mol. The standard InChI is InChI=1S/C14H10BrClINO/c15-10-3-6-13(12(17)8-10)18-14(19)7-9-1-4-11(16)5-2-9/h1-6,8H,7H2,(H,18,19). The molecule has 0 saturated heterocycles. The van der Waals surface area contributed by atoms with E-state index in [4.69, 9.17) is 11.6 Å². The highest BCUT2D eigenvalue weighted by Crippen LogP contribution is 2.22. The first-order chi connectivity index (χ1) is 9.04. The highest BCUT2D eigenvalue weighted by Gasteiger charge is 2.07. The molecular weight excluding hydrogens is 440 g/mol. The Morgan fingerprint density at radius 2 is 1.89 bits per heavy atom. The summed E-state index contributed by atoms with van der Waals surface area (Å²) in [5.74, 6) is -0.0393. The van der Waals surface area contributed by atoms with Crippen LogP contribution in [0.1, 0.15) is 5.56 Å². The molecule has 0 aliphatic carbocycles. The molecule has 98 valence electrons. The van der Waals surface area contributed by atoms with E-state index in [-0.39, 0.29) is 5.91 Å². The van der Waals surface area contributed by atoms with Crippen LogP contribution in [0.15, 0.2) is 46.9 Å². The molecule has 0 fully saturated rings. The van der Waals surface area contributed by atoms with Crippen molar-refractivity contribution in [3.63, 3.8) is 0 Å². The summed E-state index contributed by atoms with van der Waals surface area (Å²) >= 11 is 11.4. The number of hydrogen-bond donors (Lipinski definition) is 1. The van der Waals surface area contributed by atoms with Crippen LogP contribution in [0.5, 0.6) is 0 Å². The van der Waals surface area contributed by atoms with E-state index in [0.717, 1.165) is 19.3 Å². The van der Waals surface area contributed by atoms with Gasteiger partial charge in [0.15, 0.2) is 0 Å². The molecule has 2 nitrogen and oxygen atoms in total. The minimum absolute atomic E-state index is 0.0393. The Bertz CT molecular complexity index is 601. The minimum Gasteiger partial charge on any atom is -0.325 e. The summed E-state index contributed by atoms with van der Waals surface area (Å²) in [5.41, 5.74) is 1.76. The van der Waals surface area contributed by atoms with E-state index in [0.29, 0.717) is 11.4 Å². The van der Waals surface area contributed by atoms with Crippen molar-refractivity contribution in [2.75, 3.05) is 5.32 Å². The number of carbonyl (C=O) groups is 1. The van der Waals surface area contributed by atoms with E-state index in [1.807, 2.05) is 30.3 Å². The zero-order valence-electron chi connectivity index (χ0n) is 9.79. The van der Waals surface area contributed by atoms with Gasteiger partial charge in [-0.25, -0.2) is 0 Å². The van der Waals surface area contributed by atoms with Gasteiger partial charge in [0.05, 0.1) is 12.1 Å². The van der Waals surface area contributed by atoms with E-state index in [1.54, 1.807) is 12.1 Å². The topological polar surface area (TPSA) is 29.1 Å². The van der Waals surface area contributed by atoms with E-state index in [9.17, 15) is 4.79 Å². The molecule has 0 atom stereocenters. The van der Waals surface area contributed by atoms with Crippen LogP contribution in [-0.2, 0) is 11.2 Å². The van der Waals surface area contributed by atoms with Crippen molar-refractivity contribution in [3.8, 4) is 0 Å². The van der Waals surface area contributed by atoms with Crippen LogP contribution in [0.3, 0.4) is 0 Å². The van der Waals surface area contributed by atoms with Gasteiger partial charge in [0.2, 0.25) is 5.91 Å². The second kappa shape index (κ2) is 6.72. The van der Waals surface area contributed by atoms with Gasteiger partial charge in [0, 0.05) is 13.1 Å². The first kappa shape index (κ1) is 14.8. The number of anilines is 1. The molecule has 0 heterocycles. The van der Waals surface area contributed by atoms with Gasteiger partial charge in [0.25, 0.3) is 0 Å². The quantitative estimate of drug-likeness (QED) is 0.663.